The van der Waals surface area contributed by atoms with E-state index in [1.807, 2.05) is 0 Å². The van der Waals surface area contributed by atoms with Crippen LogP contribution in [0.4, 0.5) is 0 Å². The van der Waals surface area contributed by atoms with Gasteiger partial charge in [-0.1, -0.05) is 0 Å². The molecule has 0 N–H and O–H groups in total. The van der Waals surface area contributed by atoms with E-state index in [-0.39, 0.29) is 43.2 Å². The molecule has 0 aromatic carbocycles. The molecule has 0 bridgehead atoms. The summed E-state index contributed by atoms with van der Waals surface area (Å²) in [7, 11) is 0. The van der Waals surface area contributed by atoms with Crippen molar-refractivity contribution in [2.75, 3.05) is 0 Å². The molecule has 0 amide bonds. The van der Waals surface area contributed by atoms with Gasteiger partial charge in [0, 0.05) is 0 Å². The van der Waals surface area contributed by atoms with E-state index in [1.165, 1.54) is 23.5 Å². The van der Waals surface area contributed by atoms with Crippen LogP contribution in [0.25, 0.3) is 0 Å². The molecule has 0 aliphatic carbocycles. The average molecular weight is 344 g/mol. The molecular weight excluding hydrogens is 337 g/mol. The maximum Gasteiger partial charge on any atom is -1.00 e. The third-order valence-corrected chi connectivity index (χ3v) is 0. The van der Waals surface area contributed by atoms with Crippen molar-refractivity contribution >= 4 is 5.98 Å². The molecule has 0 aromatic rings. The van der Waals surface area contributed by atoms with Gasteiger partial charge in [-0.05, 0) is 0 Å². The van der Waals surface area contributed by atoms with Crippen LogP contribution in [-0.2, 0) is 23.5 Å². The summed E-state index contributed by atoms with van der Waals surface area (Å²) in [4.78, 5) is 0. The van der Waals surface area contributed by atoms with Gasteiger partial charge in [0.05, 0.1) is 0 Å². The van der Waals surface area contributed by atoms with Crippen LogP contribution in [0, 0.1) is 0 Å². The van der Waals surface area contributed by atoms with Gasteiger partial charge in [0.2, 0.25) is 0 Å². The smallest absolute Gasteiger partial charge is 1.00 e. The van der Waals surface area contributed by atoms with Gasteiger partial charge in [0.25, 0.3) is 0 Å². The third-order valence-electron chi connectivity index (χ3n) is 0. The number of hydrogen-bond donors (Lipinski definition) is 0. The maximum atomic E-state index is 2.37. The second-order valence-electron chi connectivity index (χ2n) is 1.15. The first-order chi connectivity index (χ1) is 1.73. The Balaban J connectivity index is -0.0000000150. The molecule has 0 unspecified atom stereocenters. The molecule has 5 heteroatoms. The Labute approximate surface area is 79.2 Å². The molecule has 44 valence electrons. The zero-order valence-electron chi connectivity index (χ0n) is 4.21. The molecule has 7 heavy (non-hydrogen) atoms. The molecule has 0 aliphatic heterocycles. The van der Waals surface area contributed by atoms with E-state index < -0.39 is 0 Å². The van der Waals surface area contributed by atoms with Gasteiger partial charge in [-0.25, -0.2) is 0 Å². The summed E-state index contributed by atoms with van der Waals surface area (Å²) in [6, 6.07) is 0. The first-order valence-corrected chi connectivity index (χ1v) is 10.6. The number of hydrogen-bond acceptors (Lipinski definition) is 0. The van der Waals surface area contributed by atoms with E-state index in [0.29, 0.717) is 0 Å². The van der Waals surface area contributed by atoms with E-state index in [0.717, 1.165) is 0 Å². The van der Waals surface area contributed by atoms with Crippen LogP contribution in [0.5, 0.6) is 0 Å². The predicted molar refractivity (Wildman–Crippen MR) is 18.9 cm³/mol. The SMILES string of the molecule is C[SiH](C)[Hf+3].[Cl-].[Cl-].[Cl-]. The summed E-state index contributed by atoms with van der Waals surface area (Å²) in [6.45, 7) is 4.73. The van der Waals surface area contributed by atoms with Crippen molar-refractivity contribution < 1.29 is 60.8 Å². The summed E-state index contributed by atoms with van der Waals surface area (Å²) >= 11 is 1.49. The Morgan fingerprint density at radius 3 is 1.00 bits per heavy atom. The van der Waals surface area contributed by atoms with Crippen LogP contribution < -0.4 is 37.2 Å². The van der Waals surface area contributed by atoms with Gasteiger partial charge in [-0.3, -0.25) is 0 Å². The first-order valence-electron chi connectivity index (χ1n) is 1.44. The van der Waals surface area contributed by atoms with Crippen molar-refractivity contribution in [2.45, 2.75) is 13.1 Å². The molecule has 0 aromatic heterocycles. The molecule has 0 nitrogen and oxygen atoms in total. The first kappa shape index (κ1) is 23.1. The van der Waals surface area contributed by atoms with Crippen LogP contribution >= 0.6 is 0 Å². The zero-order chi connectivity index (χ0) is 3.58. The molecule has 0 rings (SSSR count). The fraction of sp³-hybridized carbons (Fsp3) is 1.00. The largest absolute Gasteiger partial charge is 1.00 e. The van der Waals surface area contributed by atoms with Crippen LogP contribution in [-0.4, -0.2) is 5.98 Å². The molecule has 0 heterocycles. The summed E-state index contributed by atoms with van der Waals surface area (Å²) in [5, 5.41) is 0. The van der Waals surface area contributed by atoms with Crippen LogP contribution in [0.3, 0.4) is 0 Å². The zero-order valence-corrected chi connectivity index (χ0v) is 11.2. The van der Waals surface area contributed by atoms with E-state index in [1.54, 1.807) is 0 Å². The minimum Gasteiger partial charge on any atom is -1.00 e. The van der Waals surface area contributed by atoms with Crippen molar-refractivity contribution in [1.82, 2.24) is 0 Å². The Kier molecular flexibility index (Phi) is 51.7. The molecule has 0 fully saturated rings. The number of rotatable bonds is 0. The molecule has 0 saturated heterocycles. The summed E-state index contributed by atoms with van der Waals surface area (Å²) < 4.78 is 0. The van der Waals surface area contributed by atoms with E-state index in [9.17, 15) is 0 Å². The van der Waals surface area contributed by atoms with Crippen LogP contribution in [0.2, 0.25) is 13.1 Å². The third kappa shape index (κ3) is 73.7. The molecule has 0 saturated carbocycles. The van der Waals surface area contributed by atoms with Gasteiger partial charge in [-0.2, -0.15) is 0 Å². The quantitative estimate of drug-likeness (QED) is 0.383. The van der Waals surface area contributed by atoms with Gasteiger partial charge in [0.15, 0.2) is 0 Å². The van der Waals surface area contributed by atoms with Gasteiger partial charge < -0.3 is 37.2 Å². The van der Waals surface area contributed by atoms with E-state index in [2.05, 4.69) is 13.1 Å². The Morgan fingerprint density at radius 1 is 1.00 bits per heavy atom. The van der Waals surface area contributed by atoms with Crippen molar-refractivity contribution in [3.05, 3.63) is 0 Å². The Morgan fingerprint density at radius 2 is 1.00 bits per heavy atom. The minimum absolute atomic E-state index is 0. The molecule has 0 aliphatic rings. The van der Waals surface area contributed by atoms with Gasteiger partial charge >= 0.3 is 42.6 Å². The fourth-order valence-electron chi connectivity index (χ4n) is 0. The van der Waals surface area contributed by atoms with Crippen LogP contribution in [0.1, 0.15) is 0 Å². The maximum absolute atomic E-state index is 2.37. The summed E-state index contributed by atoms with van der Waals surface area (Å²) in [5.41, 5.74) is 0. The minimum atomic E-state index is -0.000000000000000222. The normalized spacial score (nSPS) is 5.29. The molecule has 0 atom stereocenters. The number of halogens is 3. The second-order valence-corrected chi connectivity index (χ2v) is 15.9. The van der Waals surface area contributed by atoms with E-state index in [4.69, 9.17) is 0 Å². The van der Waals surface area contributed by atoms with Crippen LogP contribution in [0.15, 0.2) is 0 Å². The predicted octanol–water partition coefficient (Wildman–Crippen LogP) is -8.47. The topological polar surface area (TPSA) is 0 Å². The van der Waals surface area contributed by atoms with Gasteiger partial charge in [-0.15, -0.1) is 0 Å². The van der Waals surface area contributed by atoms with Crippen molar-refractivity contribution in [1.29, 1.82) is 0 Å². The second kappa shape index (κ2) is 15.7. The molecule has 0 radical (unpaired) electrons. The van der Waals surface area contributed by atoms with Gasteiger partial charge in [0.1, 0.15) is 0 Å². The van der Waals surface area contributed by atoms with Crippen molar-refractivity contribution in [3.63, 3.8) is 0 Å². The Bertz CT molecular complexity index is 17.7. The van der Waals surface area contributed by atoms with E-state index >= 15 is 0 Å². The monoisotopic (exact) mass is 344 g/mol. The standard InChI is InChI=1S/C2H7Si.3ClH.Hf/c1-3-2;;;;/h3H,1-2H3;3*1H;/q;;;;+3/p-3. The van der Waals surface area contributed by atoms with Crippen molar-refractivity contribution in [2.24, 2.45) is 0 Å². The molecule has 0 spiro atoms. The van der Waals surface area contributed by atoms with Crippen molar-refractivity contribution in [3.8, 4) is 0 Å². The summed E-state index contributed by atoms with van der Waals surface area (Å²) in [5.74, 6) is -0.000000000000000222. The molecular formula is C2H7Cl3HfSi. The Hall–Kier alpha value is 1.96. The average Bonchev–Trinajstić information content (AvgIpc) is 0.811. The fourth-order valence-corrected chi connectivity index (χ4v) is 0. The summed E-state index contributed by atoms with van der Waals surface area (Å²) in [6.07, 6.45) is 0.